The van der Waals surface area contributed by atoms with E-state index in [2.05, 4.69) is 43.4 Å². The maximum Gasteiger partial charge on any atom is 0.242 e. The van der Waals surface area contributed by atoms with E-state index < -0.39 is 0 Å². The molecule has 3 N–H and O–H groups in total. The molecular formula is C22H32IN5O2S. The molecule has 0 radical (unpaired) electrons. The average Bonchev–Trinajstić information content (AvgIpc) is 3.32. The zero-order valence-corrected chi connectivity index (χ0v) is 21.2. The van der Waals surface area contributed by atoms with Gasteiger partial charge in [-0.2, -0.15) is 0 Å². The Kier molecular flexibility index (Phi) is 10.9. The first kappa shape index (κ1) is 25.3. The number of methoxy groups -OCH3 is 1. The van der Waals surface area contributed by atoms with Gasteiger partial charge in [-0.15, -0.1) is 35.3 Å². The molecule has 1 saturated heterocycles. The Balaban J connectivity index is 0.00000341. The standard InChI is InChI=1S/C22H31N5O2S.HI/c1-3-23-22(26-18-10-12-27(13-11-18)21-5-4-14-30-21)25-16-20(28)24-15-17-6-8-19(29-2)9-7-17;/h4-9,14,18H,3,10-13,15-16H2,1-2H3,(H,24,28)(H2,23,25,26);1H. The summed E-state index contributed by atoms with van der Waals surface area (Å²) in [5, 5.41) is 13.1. The largest absolute Gasteiger partial charge is 0.497 e. The molecule has 0 spiro atoms. The second-order valence-corrected chi connectivity index (χ2v) is 8.10. The van der Waals surface area contributed by atoms with Gasteiger partial charge in [-0.3, -0.25) is 4.79 Å². The molecule has 2 heterocycles. The summed E-state index contributed by atoms with van der Waals surface area (Å²) in [5.41, 5.74) is 1.02. The van der Waals surface area contributed by atoms with Crippen LogP contribution >= 0.6 is 35.3 Å². The Hall–Kier alpha value is -2.01. The van der Waals surface area contributed by atoms with Crippen molar-refractivity contribution in [1.29, 1.82) is 0 Å². The van der Waals surface area contributed by atoms with E-state index in [0.717, 1.165) is 43.8 Å². The first-order valence-electron chi connectivity index (χ1n) is 10.4. The number of anilines is 1. The molecule has 1 amide bonds. The molecule has 0 bridgehead atoms. The number of thiophene rings is 1. The van der Waals surface area contributed by atoms with Crippen molar-refractivity contribution in [2.75, 3.05) is 38.2 Å². The smallest absolute Gasteiger partial charge is 0.242 e. The van der Waals surface area contributed by atoms with Gasteiger partial charge in [0.2, 0.25) is 5.91 Å². The van der Waals surface area contributed by atoms with Gasteiger partial charge >= 0.3 is 0 Å². The molecule has 0 saturated carbocycles. The average molecular weight is 558 g/mol. The molecule has 0 atom stereocenters. The fourth-order valence-corrected chi connectivity index (χ4v) is 4.14. The van der Waals surface area contributed by atoms with Crippen molar-refractivity contribution < 1.29 is 9.53 Å². The Morgan fingerprint density at radius 3 is 2.55 bits per heavy atom. The minimum atomic E-state index is -0.101. The molecule has 7 nitrogen and oxygen atoms in total. The van der Waals surface area contributed by atoms with Gasteiger partial charge in [0, 0.05) is 32.2 Å². The van der Waals surface area contributed by atoms with Crippen LogP contribution in [0.2, 0.25) is 0 Å². The van der Waals surface area contributed by atoms with Crippen molar-refractivity contribution in [3.8, 4) is 5.75 Å². The van der Waals surface area contributed by atoms with Crippen LogP contribution in [0.3, 0.4) is 0 Å². The van der Waals surface area contributed by atoms with E-state index in [1.165, 1.54) is 5.00 Å². The van der Waals surface area contributed by atoms with Crippen molar-refractivity contribution in [3.63, 3.8) is 0 Å². The molecule has 0 unspecified atom stereocenters. The van der Waals surface area contributed by atoms with E-state index in [9.17, 15) is 4.79 Å². The minimum Gasteiger partial charge on any atom is -0.497 e. The van der Waals surface area contributed by atoms with Crippen LogP contribution in [-0.2, 0) is 11.3 Å². The zero-order chi connectivity index (χ0) is 21.2. The molecule has 1 aromatic carbocycles. The summed E-state index contributed by atoms with van der Waals surface area (Å²) in [4.78, 5) is 19.1. The first-order chi connectivity index (χ1) is 14.7. The second kappa shape index (κ2) is 13.4. The third-order valence-electron chi connectivity index (χ3n) is 5.03. The number of ether oxygens (including phenoxy) is 1. The summed E-state index contributed by atoms with van der Waals surface area (Å²) < 4.78 is 5.15. The van der Waals surface area contributed by atoms with E-state index >= 15 is 0 Å². The molecule has 1 aliphatic heterocycles. The van der Waals surface area contributed by atoms with Crippen LogP contribution in [0.4, 0.5) is 5.00 Å². The molecular weight excluding hydrogens is 525 g/mol. The number of guanidine groups is 1. The van der Waals surface area contributed by atoms with E-state index in [4.69, 9.17) is 4.74 Å². The van der Waals surface area contributed by atoms with Crippen LogP contribution in [0.5, 0.6) is 5.75 Å². The Morgan fingerprint density at radius 2 is 1.94 bits per heavy atom. The van der Waals surface area contributed by atoms with E-state index in [-0.39, 0.29) is 36.4 Å². The van der Waals surface area contributed by atoms with Crippen molar-refractivity contribution in [2.24, 2.45) is 4.99 Å². The Bertz CT molecular complexity index is 806. The van der Waals surface area contributed by atoms with Crippen molar-refractivity contribution >= 4 is 52.2 Å². The Labute approximate surface area is 205 Å². The summed E-state index contributed by atoms with van der Waals surface area (Å²) in [6.45, 7) is 5.41. The zero-order valence-electron chi connectivity index (χ0n) is 18.1. The number of carbonyl (C=O) groups excluding carboxylic acids is 1. The van der Waals surface area contributed by atoms with Crippen LogP contribution in [0.25, 0.3) is 0 Å². The van der Waals surface area contributed by atoms with Gasteiger partial charge in [0.1, 0.15) is 12.3 Å². The maximum absolute atomic E-state index is 12.2. The fraction of sp³-hybridized carbons (Fsp3) is 0.455. The number of benzene rings is 1. The van der Waals surface area contributed by atoms with Crippen molar-refractivity contribution in [2.45, 2.75) is 32.4 Å². The van der Waals surface area contributed by atoms with Crippen LogP contribution < -0.4 is 25.6 Å². The number of nitrogens with zero attached hydrogens (tertiary/aromatic N) is 2. The highest BCUT2D eigenvalue weighted by Crippen LogP contribution is 2.24. The van der Waals surface area contributed by atoms with Crippen LogP contribution in [-0.4, -0.2) is 51.2 Å². The van der Waals surface area contributed by atoms with Gasteiger partial charge < -0.3 is 25.6 Å². The van der Waals surface area contributed by atoms with Crippen LogP contribution in [0, 0.1) is 0 Å². The van der Waals surface area contributed by atoms with Crippen molar-refractivity contribution in [1.82, 2.24) is 16.0 Å². The molecule has 170 valence electrons. The Morgan fingerprint density at radius 1 is 1.19 bits per heavy atom. The number of carbonyl (C=O) groups is 1. The predicted octanol–water partition coefficient (Wildman–Crippen LogP) is 3.22. The molecule has 3 rings (SSSR count). The number of aliphatic imine (C=N–C) groups is 1. The van der Waals surface area contributed by atoms with Crippen LogP contribution in [0.1, 0.15) is 25.3 Å². The van der Waals surface area contributed by atoms with Gasteiger partial charge in [0.05, 0.1) is 12.1 Å². The molecule has 1 fully saturated rings. The lowest BCUT2D eigenvalue weighted by Gasteiger charge is -2.33. The number of piperidine rings is 1. The number of amides is 1. The monoisotopic (exact) mass is 557 g/mol. The topological polar surface area (TPSA) is 78.0 Å². The van der Waals surface area contributed by atoms with Crippen molar-refractivity contribution in [3.05, 3.63) is 47.3 Å². The van der Waals surface area contributed by atoms with Gasteiger partial charge in [0.15, 0.2) is 5.96 Å². The molecule has 0 aliphatic carbocycles. The third-order valence-corrected chi connectivity index (χ3v) is 5.96. The lowest BCUT2D eigenvalue weighted by Crippen LogP contribution is -2.49. The quantitative estimate of drug-likeness (QED) is 0.264. The number of halogens is 1. The highest BCUT2D eigenvalue weighted by atomic mass is 127. The normalized spacial score (nSPS) is 14.5. The van der Waals surface area contributed by atoms with Gasteiger partial charge in [0.25, 0.3) is 0 Å². The van der Waals surface area contributed by atoms with Gasteiger partial charge in [-0.1, -0.05) is 12.1 Å². The lowest BCUT2D eigenvalue weighted by atomic mass is 10.1. The number of hydrogen-bond acceptors (Lipinski definition) is 5. The van der Waals surface area contributed by atoms with Gasteiger partial charge in [-0.25, -0.2) is 4.99 Å². The van der Waals surface area contributed by atoms with E-state index in [0.29, 0.717) is 18.5 Å². The number of rotatable bonds is 8. The van der Waals surface area contributed by atoms with E-state index in [1.807, 2.05) is 31.2 Å². The molecule has 2 aromatic rings. The molecule has 1 aromatic heterocycles. The number of hydrogen-bond donors (Lipinski definition) is 3. The predicted molar refractivity (Wildman–Crippen MR) is 139 cm³/mol. The maximum atomic E-state index is 12.2. The van der Waals surface area contributed by atoms with Crippen LogP contribution in [0.15, 0.2) is 46.8 Å². The lowest BCUT2D eigenvalue weighted by molar-refractivity contribution is -0.119. The number of nitrogens with one attached hydrogen (secondary N) is 3. The van der Waals surface area contributed by atoms with Gasteiger partial charge in [-0.05, 0) is 55.0 Å². The highest BCUT2D eigenvalue weighted by Gasteiger charge is 2.20. The summed E-state index contributed by atoms with van der Waals surface area (Å²) in [6.07, 6.45) is 2.10. The second-order valence-electron chi connectivity index (χ2n) is 7.18. The summed E-state index contributed by atoms with van der Waals surface area (Å²) in [5.74, 6) is 1.40. The minimum absolute atomic E-state index is 0. The SMILES string of the molecule is CCNC(=NCC(=O)NCc1ccc(OC)cc1)NC1CCN(c2cccs2)CC1.I. The summed E-state index contributed by atoms with van der Waals surface area (Å²) >= 11 is 1.79. The molecule has 31 heavy (non-hydrogen) atoms. The fourth-order valence-electron chi connectivity index (χ4n) is 3.36. The first-order valence-corrected chi connectivity index (χ1v) is 11.3. The summed E-state index contributed by atoms with van der Waals surface area (Å²) in [7, 11) is 1.64. The molecule has 9 heteroatoms. The van der Waals surface area contributed by atoms with E-state index in [1.54, 1.807) is 18.4 Å². The molecule has 1 aliphatic rings. The highest BCUT2D eigenvalue weighted by molar-refractivity contribution is 14.0. The summed E-state index contributed by atoms with van der Waals surface area (Å²) in [6, 6.07) is 12.3. The third kappa shape index (κ3) is 8.21.